The van der Waals surface area contributed by atoms with Crippen LogP contribution < -0.4 is 4.90 Å². The molecule has 12 heteroatoms. The van der Waals surface area contributed by atoms with Crippen LogP contribution in [0, 0.1) is 0 Å². The second-order valence-electron chi connectivity index (χ2n) is 8.59. The highest BCUT2D eigenvalue weighted by molar-refractivity contribution is 7.89. The fourth-order valence-corrected chi connectivity index (χ4v) is 5.66. The van der Waals surface area contributed by atoms with Crippen LogP contribution in [0.15, 0.2) is 52.0 Å². The fraction of sp³-hybridized carbons (Fsp3) is 0.417. The molecule has 1 aromatic carbocycles. The van der Waals surface area contributed by atoms with E-state index in [9.17, 15) is 13.2 Å². The van der Waals surface area contributed by atoms with Gasteiger partial charge in [0.05, 0.1) is 18.1 Å². The topological polar surface area (TPSA) is 122 Å². The summed E-state index contributed by atoms with van der Waals surface area (Å²) in [5.41, 5.74) is 1.26. The first kappa shape index (κ1) is 24.3. The van der Waals surface area contributed by atoms with Crippen LogP contribution in [0.2, 0.25) is 0 Å². The van der Waals surface area contributed by atoms with Gasteiger partial charge in [-0.2, -0.15) is 9.29 Å². The second kappa shape index (κ2) is 10.3. The van der Waals surface area contributed by atoms with Gasteiger partial charge in [-0.1, -0.05) is 12.1 Å². The number of ether oxygens (including phenoxy) is 1. The van der Waals surface area contributed by atoms with Crippen molar-refractivity contribution < 1.29 is 22.5 Å². The van der Waals surface area contributed by atoms with E-state index in [1.54, 1.807) is 23.2 Å². The van der Waals surface area contributed by atoms with Gasteiger partial charge in [-0.3, -0.25) is 4.79 Å². The van der Waals surface area contributed by atoms with Crippen molar-refractivity contribution in [1.82, 2.24) is 24.3 Å². The molecule has 2 aliphatic heterocycles. The van der Waals surface area contributed by atoms with Crippen molar-refractivity contribution in [2.45, 2.75) is 18.2 Å². The largest absolute Gasteiger partial charge is 0.379 e. The normalized spacial score (nSPS) is 17.4. The summed E-state index contributed by atoms with van der Waals surface area (Å²) in [5.74, 6) is 1.81. The summed E-state index contributed by atoms with van der Waals surface area (Å²) < 4.78 is 37.4. The molecule has 36 heavy (non-hydrogen) atoms. The Balaban J connectivity index is 1.18. The van der Waals surface area contributed by atoms with Gasteiger partial charge in [-0.15, -0.1) is 0 Å². The Labute approximate surface area is 209 Å². The van der Waals surface area contributed by atoms with Gasteiger partial charge in [-0.25, -0.2) is 13.4 Å². The van der Waals surface area contributed by atoms with E-state index < -0.39 is 10.0 Å². The summed E-state index contributed by atoms with van der Waals surface area (Å²) in [7, 11) is -3.59. The Bertz CT molecular complexity index is 1300. The SMILES string of the molecule is CCc1nc(-c2ccc(N3CCN(C(=O)c4ccc(S(=O)(=O)N5CCOCC5)cc4)CC3)nc2)no1. The molecule has 2 aromatic heterocycles. The number of carbonyl (C=O) groups is 1. The van der Waals surface area contributed by atoms with Crippen molar-refractivity contribution in [2.24, 2.45) is 0 Å². The van der Waals surface area contributed by atoms with E-state index in [4.69, 9.17) is 9.26 Å². The molecule has 5 rings (SSSR count). The molecule has 0 spiro atoms. The monoisotopic (exact) mass is 512 g/mol. The molecule has 2 aliphatic rings. The van der Waals surface area contributed by atoms with Crippen LogP contribution in [0.4, 0.5) is 5.82 Å². The maximum atomic E-state index is 13.0. The highest BCUT2D eigenvalue weighted by Crippen LogP contribution is 2.21. The summed E-state index contributed by atoms with van der Waals surface area (Å²) in [4.78, 5) is 26.0. The van der Waals surface area contributed by atoms with Gasteiger partial charge in [0.1, 0.15) is 5.82 Å². The zero-order chi connectivity index (χ0) is 25.1. The summed E-state index contributed by atoms with van der Waals surface area (Å²) in [6.07, 6.45) is 2.41. The number of hydrogen-bond donors (Lipinski definition) is 0. The summed E-state index contributed by atoms with van der Waals surface area (Å²) >= 11 is 0. The molecule has 0 unspecified atom stereocenters. The predicted octanol–water partition coefficient (Wildman–Crippen LogP) is 1.68. The number of sulfonamides is 1. The maximum Gasteiger partial charge on any atom is 0.253 e. The zero-order valence-electron chi connectivity index (χ0n) is 20.0. The number of anilines is 1. The number of nitrogens with zero attached hydrogens (tertiary/aromatic N) is 6. The van der Waals surface area contributed by atoms with E-state index in [0.29, 0.717) is 76.2 Å². The molecule has 11 nitrogen and oxygen atoms in total. The number of benzene rings is 1. The number of rotatable bonds is 6. The fourth-order valence-electron chi connectivity index (χ4n) is 4.25. The predicted molar refractivity (Wildman–Crippen MR) is 131 cm³/mol. The van der Waals surface area contributed by atoms with Crippen LogP contribution in [0.1, 0.15) is 23.2 Å². The van der Waals surface area contributed by atoms with E-state index in [-0.39, 0.29) is 10.8 Å². The number of pyridine rings is 1. The van der Waals surface area contributed by atoms with Gasteiger partial charge in [0.2, 0.25) is 21.7 Å². The molecule has 0 saturated carbocycles. The number of morpholine rings is 1. The van der Waals surface area contributed by atoms with E-state index in [0.717, 1.165) is 11.4 Å². The quantitative estimate of drug-likeness (QED) is 0.485. The Morgan fingerprint density at radius 3 is 2.31 bits per heavy atom. The minimum absolute atomic E-state index is 0.114. The lowest BCUT2D eigenvalue weighted by Gasteiger charge is -2.35. The zero-order valence-corrected chi connectivity index (χ0v) is 20.9. The van der Waals surface area contributed by atoms with Crippen molar-refractivity contribution in [3.63, 3.8) is 0 Å². The van der Waals surface area contributed by atoms with Gasteiger partial charge in [0.25, 0.3) is 5.91 Å². The minimum atomic E-state index is -3.59. The van der Waals surface area contributed by atoms with Crippen molar-refractivity contribution >= 4 is 21.7 Å². The third-order valence-corrected chi connectivity index (χ3v) is 8.29. The van der Waals surface area contributed by atoms with Gasteiger partial charge >= 0.3 is 0 Å². The van der Waals surface area contributed by atoms with Gasteiger partial charge in [0, 0.05) is 63.0 Å². The molecule has 0 aliphatic carbocycles. The van der Waals surface area contributed by atoms with Crippen molar-refractivity contribution in [3.05, 3.63) is 54.0 Å². The Hall–Kier alpha value is -3.35. The van der Waals surface area contributed by atoms with E-state index >= 15 is 0 Å². The van der Waals surface area contributed by atoms with E-state index in [2.05, 4.69) is 20.0 Å². The number of hydrogen-bond acceptors (Lipinski definition) is 9. The first-order chi connectivity index (χ1) is 17.5. The first-order valence-corrected chi connectivity index (χ1v) is 13.4. The van der Waals surface area contributed by atoms with Crippen LogP contribution in [0.25, 0.3) is 11.4 Å². The number of aromatic nitrogens is 3. The minimum Gasteiger partial charge on any atom is -0.379 e. The molecule has 0 radical (unpaired) electrons. The lowest BCUT2D eigenvalue weighted by Crippen LogP contribution is -2.49. The molecule has 0 N–H and O–H groups in total. The molecular formula is C24H28N6O5S. The second-order valence-corrected chi connectivity index (χ2v) is 10.5. The third-order valence-electron chi connectivity index (χ3n) is 6.38. The van der Waals surface area contributed by atoms with Gasteiger partial charge < -0.3 is 19.1 Å². The lowest BCUT2D eigenvalue weighted by molar-refractivity contribution is 0.0730. The highest BCUT2D eigenvalue weighted by Gasteiger charge is 2.27. The van der Waals surface area contributed by atoms with E-state index in [1.165, 1.54) is 16.4 Å². The van der Waals surface area contributed by atoms with Crippen LogP contribution in [0.5, 0.6) is 0 Å². The molecule has 2 saturated heterocycles. The first-order valence-electron chi connectivity index (χ1n) is 12.0. The Morgan fingerprint density at radius 2 is 1.69 bits per heavy atom. The summed E-state index contributed by atoms with van der Waals surface area (Å²) in [6, 6.07) is 10.0. The van der Waals surface area contributed by atoms with Crippen LogP contribution in [0.3, 0.4) is 0 Å². The summed E-state index contributed by atoms with van der Waals surface area (Å²) in [5, 5.41) is 3.98. The summed E-state index contributed by atoms with van der Waals surface area (Å²) in [6.45, 7) is 5.77. The average molecular weight is 513 g/mol. The Kier molecular flexibility index (Phi) is 6.99. The standard InChI is InChI=1S/C24H28N6O5S/c1-2-22-26-23(27-35-22)19-5-8-21(25-17-19)28-9-11-29(12-10-28)24(31)18-3-6-20(7-4-18)36(32,33)30-13-15-34-16-14-30/h3-8,17H,2,9-16H2,1H3. The molecule has 1 amide bonds. The molecular weight excluding hydrogens is 484 g/mol. The number of carbonyl (C=O) groups excluding carboxylic acids is 1. The van der Waals surface area contributed by atoms with Crippen molar-refractivity contribution in [2.75, 3.05) is 57.4 Å². The van der Waals surface area contributed by atoms with Crippen LogP contribution >= 0.6 is 0 Å². The van der Waals surface area contributed by atoms with Crippen LogP contribution in [-0.2, 0) is 21.2 Å². The Morgan fingerprint density at radius 1 is 0.972 bits per heavy atom. The molecule has 190 valence electrons. The number of piperazine rings is 1. The molecule has 4 heterocycles. The number of aryl methyl sites for hydroxylation is 1. The third kappa shape index (κ3) is 4.97. The molecule has 2 fully saturated rings. The average Bonchev–Trinajstić information content (AvgIpc) is 3.43. The van der Waals surface area contributed by atoms with Crippen molar-refractivity contribution in [3.8, 4) is 11.4 Å². The maximum absolute atomic E-state index is 13.0. The number of amides is 1. The van der Waals surface area contributed by atoms with Crippen LogP contribution in [-0.4, -0.2) is 91.1 Å². The molecule has 3 aromatic rings. The van der Waals surface area contributed by atoms with Gasteiger partial charge in [-0.05, 0) is 36.4 Å². The lowest BCUT2D eigenvalue weighted by atomic mass is 10.2. The molecule has 0 atom stereocenters. The highest BCUT2D eigenvalue weighted by atomic mass is 32.2. The van der Waals surface area contributed by atoms with Gasteiger partial charge in [0.15, 0.2) is 0 Å². The smallest absolute Gasteiger partial charge is 0.253 e. The van der Waals surface area contributed by atoms with E-state index in [1.807, 2.05) is 19.1 Å². The molecule has 0 bridgehead atoms. The van der Waals surface area contributed by atoms with Crippen molar-refractivity contribution in [1.29, 1.82) is 0 Å².